The van der Waals surface area contributed by atoms with Gasteiger partial charge in [0.1, 0.15) is 0 Å². The van der Waals surface area contributed by atoms with Gasteiger partial charge >= 0.3 is 6.03 Å². The van der Waals surface area contributed by atoms with E-state index in [0.717, 1.165) is 10.9 Å². The smallest absolute Gasteiger partial charge is 0.319 e. The molecule has 0 saturated carbocycles. The highest BCUT2D eigenvalue weighted by atomic mass is 16.5. The summed E-state index contributed by atoms with van der Waals surface area (Å²) in [5.41, 5.74) is 3.06. The van der Waals surface area contributed by atoms with Crippen LogP contribution in [-0.2, 0) is 4.79 Å². The maximum atomic E-state index is 13.2. The fourth-order valence-electron chi connectivity index (χ4n) is 3.50. The molecule has 3 amide bonds. The molecule has 2 aromatic carbocycles. The van der Waals surface area contributed by atoms with Gasteiger partial charge in [0.25, 0.3) is 5.91 Å². The Labute approximate surface area is 172 Å². The molecule has 4 N–H and O–H groups in total. The predicted octanol–water partition coefficient (Wildman–Crippen LogP) is 2.85. The van der Waals surface area contributed by atoms with Gasteiger partial charge in [-0.25, -0.2) is 4.79 Å². The minimum Gasteiger partial charge on any atom is -0.493 e. The zero-order chi connectivity index (χ0) is 21.3. The van der Waals surface area contributed by atoms with Gasteiger partial charge in [0, 0.05) is 16.8 Å². The maximum absolute atomic E-state index is 13.2. The Balaban J connectivity index is 1.68. The van der Waals surface area contributed by atoms with Crippen LogP contribution in [0.5, 0.6) is 11.5 Å². The van der Waals surface area contributed by atoms with E-state index in [1.165, 1.54) is 7.11 Å². The van der Waals surface area contributed by atoms with Gasteiger partial charge < -0.3 is 25.4 Å². The molecule has 0 bridgehead atoms. The lowest BCUT2D eigenvalue weighted by Gasteiger charge is -2.29. The summed E-state index contributed by atoms with van der Waals surface area (Å²) in [5.74, 6) is 0.731. The third kappa shape index (κ3) is 3.52. The van der Waals surface area contributed by atoms with Crippen LogP contribution in [-0.4, -0.2) is 36.4 Å². The molecule has 3 aromatic rings. The monoisotopic (exact) mass is 407 g/mol. The van der Waals surface area contributed by atoms with Crippen LogP contribution >= 0.6 is 0 Å². The zero-order valence-corrected chi connectivity index (χ0v) is 16.7. The highest BCUT2D eigenvalue weighted by Gasteiger charge is 2.31. The minimum absolute atomic E-state index is 0.331. The topological polar surface area (TPSA) is 117 Å². The molecule has 4 rings (SSSR count). The number of fused-ring (bicyclic) bond motifs is 1. The molecule has 30 heavy (non-hydrogen) atoms. The van der Waals surface area contributed by atoms with Gasteiger partial charge in [0.05, 0.1) is 37.5 Å². The molecule has 0 saturated heterocycles. The number of rotatable bonds is 5. The fourth-order valence-corrected chi connectivity index (χ4v) is 3.50. The van der Waals surface area contributed by atoms with Crippen molar-refractivity contribution in [2.75, 3.05) is 19.5 Å². The van der Waals surface area contributed by atoms with E-state index in [1.807, 2.05) is 12.1 Å². The first-order valence-corrected chi connectivity index (χ1v) is 9.25. The fraction of sp³-hybridized carbons (Fsp3) is 0.190. The number of H-pyrrole nitrogens is 1. The Kier molecular flexibility index (Phi) is 5.01. The lowest BCUT2D eigenvalue weighted by Crippen LogP contribution is -2.45. The average Bonchev–Trinajstić information content (AvgIpc) is 3.20. The Morgan fingerprint density at radius 3 is 2.67 bits per heavy atom. The van der Waals surface area contributed by atoms with E-state index in [0.29, 0.717) is 34.0 Å². The predicted molar refractivity (Wildman–Crippen MR) is 111 cm³/mol. The van der Waals surface area contributed by atoms with Crippen molar-refractivity contribution >= 4 is 28.5 Å². The molecule has 9 heteroatoms. The number of benzene rings is 2. The van der Waals surface area contributed by atoms with Crippen molar-refractivity contribution in [1.82, 2.24) is 20.8 Å². The Morgan fingerprint density at radius 2 is 1.90 bits per heavy atom. The first-order chi connectivity index (χ1) is 14.5. The van der Waals surface area contributed by atoms with E-state index in [4.69, 9.17) is 9.47 Å². The van der Waals surface area contributed by atoms with E-state index >= 15 is 0 Å². The summed E-state index contributed by atoms with van der Waals surface area (Å²) in [7, 11) is 3.08. The largest absolute Gasteiger partial charge is 0.493 e. The molecule has 1 aliphatic heterocycles. The molecular formula is C21H21N5O4. The van der Waals surface area contributed by atoms with Gasteiger partial charge in [-0.1, -0.05) is 6.07 Å². The van der Waals surface area contributed by atoms with Crippen LogP contribution in [0.4, 0.5) is 10.5 Å². The number of hydrogen-bond donors (Lipinski definition) is 4. The number of ether oxygens (including phenoxy) is 2. The Hall–Kier alpha value is -4.01. The molecular weight excluding hydrogens is 386 g/mol. The molecule has 0 fully saturated rings. The van der Waals surface area contributed by atoms with Crippen LogP contribution in [0.1, 0.15) is 18.5 Å². The molecule has 0 radical (unpaired) electrons. The summed E-state index contributed by atoms with van der Waals surface area (Å²) in [5, 5.41) is 16.1. The number of methoxy groups -OCH3 is 2. The number of carbonyl (C=O) groups excluding carboxylic acids is 2. The quantitative estimate of drug-likeness (QED) is 0.519. The van der Waals surface area contributed by atoms with Crippen molar-refractivity contribution in [3.63, 3.8) is 0 Å². The molecule has 9 nitrogen and oxygen atoms in total. The lowest BCUT2D eigenvalue weighted by atomic mass is 9.94. The van der Waals surface area contributed by atoms with E-state index < -0.39 is 6.04 Å². The summed E-state index contributed by atoms with van der Waals surface area (Å²) in [6, 6.07) is 9.68. The van der Waals surface area contributed by atoms with Gasteiger partial charge in [0.2, 0.25) is 0 Å². The van der Waals surface area contributed by atoms with Crippen LogP contribution in [0, 0.1) is 0 Å². The van der Waals surface area contributed by atoms with Crippen molar-refractivity contribution in [2.45, 2.75) is 13.0 Å². The molecule has 154 valence electrons. The number of carbonyl (C=O) groups is 2. The van der Waals surface area contributed by atoms with Crippen molar-refractivity contribution in [3.05, 3.63) is 59.4 Å². The number of allylic oxidation sites excluding steroid dienone is 1. The first-order valence-electron chi connectivity index (χ1n) is 9.25. The van der Waals surface area contributed by atoms with Crippen LogP contribution in [0.25, 0.3) is 10.9 Å². The second-order valence-corrected chi connectivity index (χ2v) is 6.81. The number of nitrogens with one attached hydrogen (secondary N) is 4. The average molecular weight is 407 g/mol. The molecule has 2 heterocycles. The standard InChI is InChI=1S/C21H21N5O4/c1-11-18(20(27)24-14-5-6-15-13(8-14)10-22-26-15)19(25-21(28)23-11)12-4-7-16(29-2)17(9-12)30-3/h4-10,19H,1-3H3,(H,22,26)(H,24,27)(H2,23,25,28). The third-order valence-electron chi connectivity index (χ3n) is 4.95. The molecule has 1 aliphatic rings. The summed E-state index contributed by atoms with van der Waals surface area (Å²) in [6.45, 7) is 1.70. The second-order valence-electron chi connectivity index (χ2n) is 6.81. The zero-order valence-electron chi connectivity index (χ0n) is 16.7. The Bertz CT molecular complexity index is 1170. The van der Waals surface area contributed by atoms with Gasteiger partial charge in [-0.15, -0.1) is 0 Å². The number of urea groups is 1. The van der Waals surface area contributed by atoms with E-state index in [-0.39, 0.29) is 11.9 Å². The number of anilines is 1. The van der Waals surface area contributed by atoms with Crippen LogP contribution < -0.4 is 25.4 Å². The molecule has 1 atom stereocenters. The third-order valence-corrected chi connectivity index (χ3v) is 4.95. The summed E-state index contributed by atoms with van der Waals surface area (Å²) < 4.78 is 10.6. The molecule has 1 unspecified atom stereocenters. The highest BCUT2D eigenvalue weighted by molar-refractivity contribution is 6.07. The van der Waals surface area contributed by atoms with Crippen molar-refractivity contribution in [3.8, 4) is 11.5 Å². The van der Waals surface area contributed by atoms with E-state index in [2.05, 4.69) is 26.1 Å². The van der Waals surface area contributed by atoms with Crippen molar-refractivity contribution < 1.29 is 19.1 Å². The van der Waals surface area contributed by atoms with Crippen molar-refractivity contribution in [1.29, 1.82) is 0 Å². The molecule has 0 spiro atoms. The number of aromatic nitrogens is 2. The number of nitrogens with zero attached hydrogens (tertiary/aromatic N) is 1. The molecule has 0 aliphatic carbocycles. The van der Waals surface area contributed by atoms with E-state index in [1.54, 1.807) is 44.5 Å². The van der Waals surface area contributed by atoms with Gasteiger partial charge in [0.15, 0.2) is 11.5 Å². The normalized spacial score (nSPS) is 16.1. The van der Waals surface area contributed by atoms with Crippen molar-refractivity contribution in [2.24, 2.45) is 0 Å². The number of amides is 3. The summed E-state index contributed by atoms with van der Waals surface area (Å²) in [4.78, 5) is 25.3. The summed E-state index contributed by atoms with van der Waals surface area (Å²) in [6.07, 6.45) is 1.68. The van der Waals surface area contributed by atoms with Crippen LogP contribution in [0.15, 0.2) is 53.9 Å². The lowest BCUT2D eigenvalue weighted by molar-refractivity contribution is -0.113. The highest BCUT2D eigenvalue weighted by Crippen LogP contribution is 2.34. The minimum atomic E-state index is -0.656. The number of hydrogen-bond acceptors (Lipinski definition) is 5. The number of aromatic amines is 1. The maximum Gasteiger partial charge on any atom is 0.319 e. The van der Waals surface area contributed by atoms with Gasteiger partial charge in [-0.2, -0.15) is 5.10 Å². The summed E-state index contributed by atoms with van der Waals surface area (Å²) >= 11 is 0. The van der Waals surface area contributed by atoms with Gasteiger partial charge in [-0.3, -0.25) is 9.89 Å². The SMILES string of the molecule is COc1ccc(C2NC(=O)NC(C)=C2C(=O)Nc2ccc3[nH]ncc3c2)cc1OC. The first kappa shape index (κ1) is 19.3. The van der Waals surface area contributed by atoms with Gasteiger partial charge in [-0.05, 0) is 42.8 Å². The van der Waals surface area contributed by atoms with Crippen LogP contribution in [0.2, 0.25) is 0 Å². The van der Waals surface area contributed by atoms with Crippen LogP contribution in [0.3, 0.4) is 0 Å². The second kappa shape index (κ2) is 7.78. The molecule has 1 aromatic heterocycles. The Morgan fingerprint density at radius 1 is 1.10 bits per heavy atom. The van der Waals surface area contributed by atoms with E-state index in [9.17, 15) is 9.59 Å².